The maximum atomic E-state index is 16.1. The average Bonchev–Trinajstić information content (AvgIpc) is 2.77. The Morgan fingerprint density at radius 2 is 1.71 bits per heavy atom. The standard InChI is InChI=1S/C23H20F6N4O/c1-22(26,19(12-31-13-33-30)18-8-5-16(24)10-20(18)25)21-9-4-15(11-32-21)14-2-6-17(7-3-14)34-23(27,28)29/h2-11,13,19H,12,30H2,1H3,(H,31,33). The van der Waals surface area contributed by atoms with Crippen LogP contribution in [0.1, 0.15) is 24.1 Å². The number of aromatic nitrogens is 1. The SMILES string of the molecule is CC(F)(c1ccc(-c2ccc(OC(F)(F)F)cc2)cn1)C(CN=CNN)c1ccc(F)cc1F. The summed E-state index contributed by atoms with van der Waals surface area (Å²) < 4.78 is 84.7. The molecule has 1 heterocycles. The molecule has 3 aromatic rings. The zero-order chi connectivity index (χ0) is 24.9. The lowest BCUT2D eigenvalue weighted by Crippen LogP contribution is -2.30. The Morgan fingerprint density at radius 3 is 2.26 bits per heavy atom. The van der Waals surface area contributed by atoms with Crippen molar-refractivity contribution in [3.8, 4) is 16.9 Å². The molecule has 34 heavy (non-hydrogen) atoms. The van der Waals surface area contributed by atoms with Crippen molar-refractivity contribution in [3.05, 3.63) is 83.7 Å². The van der Waals surface area contributed by atoms with Crippen molar-refractivity contribution in [3.63, 3.8) is 0 Å². The van der Waals surface area contributed by atoms with Crippen LogP contribution in [0.5, 0.6) is 5.75 Å². The smallest absolute Gasteiger partial charge is 0.406 e. The first kappa shape index (κ1) is 25.0. The van der Waals surface area contributed by atoms with Crippen molar-refractivity contribution in [2.45, 2.75) is 24.9 Å². The molecule has 0 amide bonds. The minimum absolute atomic E-state index is 0.0436. The number of nitrogens with two attached hydrogens (primary N) is 1. The number of hydrazine groups is 1. The number of hydrogen-bond donors (Lipinski definition) is 2. The summed E-state index contributed by atoms with van der Waals surface area (Å²) in [7, 11) is 0. The molecule has 3 rings (SSSR count). The summed E-state index contributed by atoms with van der Waals surface area (Å²) in [6.07, 6.45) is -2.34. The van der Waals surface area contributed by atoms with Crippen LogP contribution in [-0.2, 0) is 5.67 Å². The molecule has 0 fully saturated rings. The van der Waals surface area contributed by atoms with Crippen LogP contribution < -0.4 is 16.0 Å². The van der Waals surface area contributed by atoms with E-state index in [-0.39, 0.29) is 23.6 Å². The van der Waals surface area contributed by atoms with E-state index in [1.54, 1.807) is 0 Å². The van der Waals surface area contributed by atoms with Gasteiger partial charge in [0.1, 0.15) is 17.4 Å². The topological polar surface area (TPSA) is 72.5 Å². The molecule has 0 radical (unpaired) electrons. The van der Waals surface area contributed by atoms with Gasteiger partial charge in [0.15, 0.2) is 5.67 Å². The molecule has 0 aliphatic rings. The first-order valence-corrected chi connectivity index (χ1v) is 9.92. The Labute approximate surface area is 191 Å². The van der Waals surface area contributed by atoms with E-state index in [0.717, 1.165) is 30.6 Å². The van der Waals surface area contributed by atoms with Crippen LogP contribution in [0.3, 0.4) is 0 Å². The Hall–Kier alpha value is -3.60. The van der Waals surface area contributed by atoms with Crippen LogP contribution >= 0.6 is 0 Å². The third-order valence-electron chi connectivity index (χ3n) is 5.13. The number of halogens is 6. The Morgan fingerprint density at radius 1 is 1.03 bits per heavy atom. The largest absolute Gasteiger partial charge is 0.573 e. The molecule has 2 aromatic carbocycles. The lowest BCUT2D eigenvalue weighted by molar-refractivity contribution is -0.274. The summed E-state index contributed by atoms with van der Waals surface area (Å²) in [6, 6.07) is 10.8. The lowest BCUT2D eigenvalue weighted by Gasteiger charge is -2.30. The van der Waals surface area contributed by atoms with Gasteiger partial charge < -0.3 is 10.2 Å². The zero-order valence-corrected chi connectivity index (χ0v) is 17.8. The van der Waals surface area contributed by atoms with Crippen LogP contribution in [0.15, 0.2) is 65.8 Å². The van der Waals surface area contributed by atoms with Crippen LogP contribution in [0.2, 0.25) is 0 Å². The molecule has 0 saturated carbocycles. The molecule has 2 atom stereocenters. The van der Waals surface area contributed by atoms with Gasteiger partial charge in [0.05, 0.1) is 18.6 Å². The van der Waals surface area contributed by atoms with Crippen LogP contribution in [0.4, 0.5) is 26.3 Å². The molecule has 5 nitrogen and oxygen atoms in total. The number of pyridine rings is 1. The highest BCUT2D eigenvalue weighted by molar-refractivity contribution is 5.63. The van der Waals surface area contributed by atoms with Crippen LogP contribution in [0, 0.1) is 11.6 Å². The molecule has 0 aliphatic heterocycles. The molecule has 0 spiro atoms. The van der Waals surface area contributed by atoms with Gasteiger partial charge in [-0.3, -0.25) is 9.98 Å². The Kier molecular flexibility index (Phi) is 7.45. The molecular formula is C23H20F6N4O. The van der Waals surface area contributed by atoms with Gasteiger partial charge >= 0.3 is 6.36 Å². The first-order valence-electron chi connectivity index (χ1n) is 9.92. The van der Waals surface area contributed by atoms with Gasteiger partial charge in [-0.15, -0.1) is 13.2 Å². The lowest BCUT2D eigenvalue weighted by atomic mass is 9.81. The summed E-state index contributed by atoms with van der Waals surface area (Å²) in [5, 5.41) is 0. The van der Waals surface area contributed by atoms with E-state index in [1.165, 1.54) is 37.4 Å². The van der Waals surface area contributed by atoms with E-state index < -0.39 is 29.6 Å². The number of benzene rings is 2. The summed E-state index contributed by atoms with van der Waals surface area (Å²) in [5.41, 5.74) is 0.843. The van der Waals surface area contributed by atoms with Gasteiger partial charge in [-0.05, 0) is 42.3 Å². The number of rotatable bonds is 8. The van der Waals surface area contributed by atoms with E-state index in [0.29, 0.717) is 17.2 Å². The number of ether oxygens (including phenoxy) is 1. The predicted molar refractivity (Wildman–Crippen MR) is 115 cm³/mol. The number of nitrogens with zero attached hydrogens (tertiary/aromatic N) is 2. The van der Waals surface area contributed by atoms with Crippen molar-refractivity contribution < 1.29 is 31.1 Å². The van der Waals surface area contributed by atoms with Gasteiger partial charge in [0.2, 0.25) is 0 Å². The van der Waals surface area contributed by atoms with Gasteiger partial charge in [-0.25, -0.2) is 19.0 Å². The molecule has 2 unspecified atom stereocenters. The average molecular weight is 482 g/mol. The normalized spacial score (nSPS) is 14.6. The van der Waals surface area contributed by atoms with Gasteiger partial charge in [-0.2, -0.15) is 0 Å². The molecule has 3 N–H and O–H groups in total. The van der Waals surface area contributed by atoms with E-state index in [4.69, 9.17) is 5.84 Å². The van der Waals surface area contributed by atoms with E-state index >= 15 is 4.39 Å². The molecular weight excluding hydrogens is 462 g/mol. The van der Waals surface area contributed by atoms with Crippen molar-refractivity contribution in [1.29, 1.82) is 0 Å². The third-order valence-corrected chi connectivity index (χ3v) is 5.13. The highest BCUT2D eigenvalue weighted by atomic mass is 19.4. The summed E-state index contributed by atoms with van der Waals surface area (Å²) >= 11 is 0. The molecule has 180 valence electrons. The number of hydrogen-bond acceptors (Lipinski definition) is 4. The Bertz CT molecular complexity index is 1130. The van der Waals surface area contributed by atoms with E-state index in [9.17, 15) is 22.0 Å². The fraction of sp³-hybridized carbons (Fsp3) is 0.217. The molecule has 1 aromatic heterocycles. The van der Waals surface area contributed by atoms with Crippen LogP contribution in [-0.4, -0.2) is 24.2 Å². The first-order chi connectivity index (χ1) is 16.0. The number of alkyl halides is 4. The fourth-order valence-corrected chi connectivity index (χ4v) is 3.44. The second-order valence-electron chi connectivity index (χ2n) is 7.46. The quantitative estimate of drug-likeness (QED) is 0.149. The van der Waals surface area contributed by atoms with E-state index in [1.807, 2.05) is 0 Å². The third kappa shape index (κ3) is 6.04. The van der Waals surface area contributed by atoms with Crippen molar-refractivity contribution in [1.82, 2.24) is 10.4 Å². The van der Waals surface area contributed by atoms with Crippen molar-refractivity contribution >= 4 is 6.34 Å². The highest BCUT2D eigenvalue weighted by Gasteiger charge is 2.40. The maximum absolute atomic E-state index is 16.1. The summed E-state index contributed by atoms with van der Waals surface area (Å²) in [5.74, 6) is 1.86. The summed E-state index contributed by atoms with van der Waals surface area (Å²) in [4.78, 5) is 8.09. The second-order valence-corrected chi connectivity index (χ2v) is 7.46. The Balaban J connectivity index is 1.89. The fourth-order valence-electron chi connectivity index (χ4n) is 3.44. The van der Waals surface area contributed by atoms with Crippen molar-refractivity contribution in [2.75, 3.05) is 6.54 Å². The predicted octanol–water partition coefficient (Wildman–Crippen LogP) is 5.39. The van der Waals surface area contributed by atoms with Crippen LogP contribution in [0.25, 0.3) is 11.1 Å². The molecule has 0 bridgehead atoms. The minimum atomic E-state index is -4.80. The summed E-state index contributed by atoms with van der Waals surface area (Å²) in [6.45, 7) is 0.987. The van der Waals surface area contributed by atoms with Gasteiger partial charge in [0, 0.05) is 23.7 Å². The monoisotopic (exact) mass is 482 g/mol. The molecule has 11 heteroatoms. The maximum Gasteiger partial charge on any atom is 0.573 e. The van der Waals surface area contributed by atoms with Gasteiger partial charge in [-0.1, -0.05) is 24.3 Å². The van der Waals surface area contributed by atoms with E-state index in [2.05, 4.69) is 20.1 Å². The number of nitrogens with one attached hydrogen (secondary N) is 1. The van der Waals surface area contributed by atoms with Crippen molar-refractivity contribution in [2.24, 2.45) is 10.8 Å². The van der Waals surface area contributed by atoms with Gasteiger partial charge in [0.25, 0.3) is 0 Å². The molecule has 0 saturated heterocycles. The molecule has 0 aliphatic carbocycles. The number of aliphatic imine (C=N–C) groups is 1. The zero-order valence-electron chi connectivity index (χ0n) is 17.8. The second kappa shape index (κ2) is 10.1. The minimum Gasteiger partial charge on any atom is -0.406 e. The highest BCUT2D eigenvalue weighted by Crippen LogP contribution is 2.41.